The molecule has 11 heteroatoms. The van der Waals surface area contributed by atoms with E-state index < -0.39 is 18.0 Å². The fraction of sp³-hybridized carbons (Fsp3) is 0.379. The van der Waals surface area contributed by atoms with Crippen LogP contribution in [0.4, 0.5) is 4.79 Å². The molecule has 3 aliphatic rings. The maximum atomic E-state index is 11.5. The number of oxime groups is 1. The van der Waals surface area contributed by atoms with Crippen molar-refractivity contribution in [2.45, 2.75) is 26.4 Å². The number of ether oxygens (including phenoxy) is 1. The summed E-state index contributed by atoms with van der Waals surface area (Å²) in [5.74, 6) is 6.49. The second-order valence-electron chi connectivity index (χ2n) is 9.14. The number of imide groups is 1. The zero-order chi connectivity index (χ0) is 29.2. The van der Waals surface area contributed by atoms with Crippen molar-refractivity contribution in [2.75, 3.05) is 47.4 Å². The van der Waals surface area contributed by atoms with Gasteiger partial charge >= 0.3 is 6.03 Å². The third-order valence-corrected chi connectivity index (χ3v) is 6.48. The van der Waals surface area contributed by atoms with E-state index in [1.165, 1.54) is 0 Å². The zero-order valence-corrected chi connectivity index (χ0v) is 23.5. The summed E-state index contributed by atoms with van der Waals surface area (Å²) in [4.78, 5) is 40.0. The van der Waals surface area contributed by atoms with Gasteiger partial charge in [0.05, 0.1) is 7.11 Å². The molecule has 1 unspecified atom stereocenters. The van der Waals surface area contributed by atoms with E-state index in [1.807, 2.05) is 43.0 Å². The summed E-state index contributed by atoms with van der Waals surface area (Å²) in [5.41, 5.74) is 3.34. The minimum Gasteiger partial charge on any atom is -0.497 e. The topological polar surface area (TPSA) is 127 Å². The Kier molecular flexibility index (Phi) is 10.5. The summed E-state index contributed by atoms with van der Waals surface area (Å²) in [6.07, 6.45) is 0. The van der Waals surface area contributed by atoms with Crippen LogP contribution < -0.4 is 15.4 Å². The number of hydrogen-bond acceptors (Lipinski definition) is 7. The van der Waals surface area contributed by atoms with Gasteiger partial charge in [0.2, 0.25) is 0 Å². The fourth-order valence-corrected chi connectivity index (χ4v) is 4.25. The van der Waals surface area contributed by atoms with Gasteiger partial charge in [-0.3, -0.25) is 14.9 Å². The molecule has 3 N–H and O–H groups in total. The number of piperazine rings is 1. The smallest absolute Gasteiger partial charge is 0.322 e. The molecule has 5 rings (SSSR count). The molecule has 0 aromatic heterocycles. The summed E-state index contributed by atoms with van der Waals surface area (Å²) in [6.45, 7) is 8.13. The Morgan fingerprint density at radius 1 is 1.02 bits per heavy atom. The van der Waals surface area contributed by atoms with Crippen molar-refractivity contribution in [3.05, 3.63) is 64.7 Å². The van der Waals surface area contributed by atoms with E-state index in [-0.39, 0.29) is 5.91 Å². The van der Waals surface area contributed by atoms with Crippen LogP contribution in [0.5, 0.6) is 5.75 Å². The SMILES string of the molecule is CC.CN1CCN(/C(=N\O)c2ccc(C#CC3NC(=O)NC3=O)cc2)CC1.COc1ccc2c(c1)C(=O)N(C)C2. The minimum absolute atomic E-state index is 0.0777. The summed E-state index contributed by atoms with van der Waals surface area (Å²) in [7, 11) is 5.47. The quantitative estimate of drug-likeness (QED) is 0.131. The first-order chi connectivity index (χ1) is 19.3. The molecule has 3 aliphatic heterocycles. The monoisotopic (exact) mass is 548 g/mol. The van der Waals surface area contributed by atoms with Gasteiger partial charge in [0.25, 0.3) is 11.8 Å². The molecule has 2 saturated heterocycles. The van der Waals surface area contributed by atoms with Gasteiger partial charge in [-0.1, -0.05) is 36.9 Å². The van der Waals surface area contributed by atoms with Crippen LogP contribution in [0.25, 0.3) is 0 Å². The van der Waals surface area contributed by atoms with Crippen LogP contribution >= 0.6 is 0 Å². The Balaban J connectivity index is 0.000000246. The van der Waals surface area contributed by atoms with E-state index in [9.17, 15) is 19.6 Å². The van der Waals surface area contributed by atoms with E-state index >= 15 is 0 Å². The van der Waals surface area contributed by atoms with Crippen molar-refractivity contribution in [1.82, 2.24) is 25.3 Å². The third kappa shape index (κ3) is 7.30. The Morgan fingerprint density at radius 2 is 1.70 bits per heavy atom. The Morgan fingerprint density at radius 3 is 2.27 bits per heavy atom. The number of hydrogen-bond donors (Lipinski definition) is 3. The molecule has 212 valence electrons. The average molecular weight is 549 g/mol. The standard InChI is InChI=1S/C17H19N5O3.C10H11NO2.C2H6/c1-21-8-10-22(11-9-21)15(20-25)13-5-2-12(3-6-13)4-7-14-16(23)19-17(24)18-14;1-11-6-7-3-4-8(13-2)5-9(7)10(11)12;1-2/h2-3,5-6,14,25H,8-11H2,1H3,(H2,18,19,23,24);3-5H,6H2,1-2H3;1-2H3/b20-15-;;. The maximum Gasteiger partial charge on any atom is 0.322 e. The van der Waals surface area contributed by atoms with Crippen LogP contribution in [0.2, 0.25) is 0 Å². The van der Waals surface area contributed by atoms with Gasteiger partial charge in [0.15, 0.2) is 11.9 Å². The maximum absolute atomic E-state index is 11.5. The second-order valence-corrected chi connectivity index (χ2v) is 9.14. The Bertz CT molecular complexity index is 1310. The van der Waals surface area contributed by atoms with Gasteiger partial charge in [-0.25, -0.2) is 4.79 Å². The van der Waals surface area contributed by atoms with Crippen LogP contribution in [0.15, 0.2) is 47.6 Å². The number of rotatable bonds is 2. The van der Waals surface area contributed by atoms with E-state index in [0.29, 0.717) is 17.9 Å². The zero-order valence-electron chi connectivity index (χ0n) is 23.5. The van der Waals surface area contributed by atoms with Gasteiger partial charge in [0, 0.05) is 56.5 Å². The highest BCUT2D eigenvalue weighted by Gasteiger charge is 2.27. The van der Waals surface area contributed by atoms with Crippen molar-refractivity contribution in [2.24, 2.45) is 5.16 Å². The molecule has 0 bridgehead atoms. The van der Waals surface area contributed by atoms with Gasteiger partial charge in [-0.15, -0.1) is 0 Å². The number of urea groups is 1. The van der Waals surface area contributed by atoms with E-state index in [1.54, 1.807) is 37.3 Å². The minimum atomic E-state index is -0.827. The average Bonchev–Trinajstić information content (AvgIpc) is 3.46. The Labute approximate surface area is 234 Å². The van der Waals surface area contributed by atoms with Crippen LogP contribution in [0.1, 0.15) is 40.9 Å². The van der Waals surface area contributed by atoms with Gasteiger partial charge in [-0.05, 0) is 49.0 Å². The van der Waals surface area contributed by atoms with Gasteiger partial charge in [-0.2, -0.15) is 0 Å². The highest BCUT2D eigenvalue weighted by atomic mass is 16.5. The lowest BCUT2D eigenvalue weighted by atomic mass is 10.1. The van der Waals surface area contributed by atoms with E-state index in [0.717, 1.165) is 48.6 Å². The Hall–Kier alpha value is -4.56. The van der Waals surface area contributed by atoms with Crippen molar-refractivity contribution >= 4 is 23.7 Å². The van der Waals surface area contributed by atoms with Crippen LogP contribution in [-0.2, 0) is 11.3 Å². The molecule has 1 atom stereocenters. The molecular formula is C29H36N6O5. The first kappa shape index (κ1) is 30.0. The number of nitrogens with one attached hydrogen (secondary N) is 2. The van der Waals surface area contributed by atoms with Gasteiger partial charge in [0.1, 0.15) is 5.75 Å². The van der Waals surface area contributed by atoms with Crippen molar-refractivity contribution in [1.29, 1.82) is 0 Å². The van der Waals surface area contributed by atoms with Crippen molar-refractivity contribution < 1.29 is 24.3 Å². The third-order valence-electron chi connectivity index (χ3n) is 6.48. The fourth-order valence-electron chi connectivity index (χ4n) is 4.25. The van der Waals surface area contributed by atoms with Crippen molar-refractivity contribution in [3.8, 4) is 17.6 Å². The first-order valence-corrected chi connectivity index (χ1v) is 13.1. The molecule has 40 heavy (non-hydrogen) atoms. The highest BCUT2D eigenvalue weighted by Crippen LogP contribution is 2.25. The molecule has 0 spiro atoms. The van der Waals surface area contributed by atoms with Crippen LogP contribution in [-0.4, -0.2) is 97.0 Å². The van der Waals surface area contributed by atoms with E-state index in [4.69, 9.17) is 4.74 Å². The number of amidine groups is 1. The summed E-state index contributed by atoms with van der Waals surface area (Å²) in [6, 6.07) is 11.5. The molecule has 2 aromatic rings. The highest BCUT2D eigenvalue weighted by molar-refractivity contribution is 6.06. The number of carbonyl (C=O) groups is 3. The van der Waals surface area contributed by atoms with E-state index in [2.05, 4.69) is 39.6 Å². The molecular weight excluding hydrogens is 512 g/mol. The molecule has 3 heterocycles. The number of methoxy groups -OCH3 is 1. The molecule has 11 nitrogen and oxygen atoms in total. The number of amides is 4. The number of likely N-dealkylation sites (N-methyl/N-ethyl adjacent to an activating group) is 1. The van der Waals surface area contributed by atoms with Crippen molar-refractivity contribution in [3.63, 3.8) is 0 Å². The second kappa shape index (κ2) is 14.0. The summed E-state index contributed by atoms with van der Waals surface area (Å²) < 4.78 is 5.05. The molecule has 0 saturated carbocycles. The predicted molar refractivity (Wildman–Crippen MR) is 151 cm³/mol. The lowest BCUT2D eigenvalue weighted by Crippen LogP contribution is -2.47. The summed E-state index contributed by atoms with van der Waals surface area (Å²) in [5, 5.41) is 17.4. The van der Waals surface area contributed by atoms with Crippen LogP contribution in [0, 0.1) is 11.8 Å². The molecule has 0 aliphatic carbocycles. The number of benzene rings is 2. The number of nitrogens with zero attached hydrogens (tertiary/aromatic N) is 4. The lowest BCUT2D eigenvalue weighted by molar-refractivity contribution is -0.119. The molecule has 2 aromatic carbocycles. The predicted octanol–water partition coefficient (Wildman–Crippen LogP) is 1.94. The normalized spacial score (nSPS) is 18.3. The number of carbonyl (C=O) groups excluding carboxylic acids is 3. The molecule has 4 amide bonds. The molecule has 0 radical (unpaired) electrons. The molecule has 2 fully saturated rings. The number of fused-ring (bicyclic) bond motifs is 1. The lowest BCUT2D eigenvalue weighted by Gasteiger charge is -2.34. The van der Waals surface area contributed by atoms with Crippen LogP contribution in [0.3, 0.4) is 0 Å². The largest absolute Gasteiger partial charge is 0.497 e. The summed E-state index contributed by atoms with van der Waals surface area (Å²) >= 11 is 0. The first-order valence-electron chi connectivity index (χ1n) is 13.1. The van der Waals surface area contributed by atoms with Gasteiger partial charge < -0.3 is 30.0 Å².